The van der Waals surface area contributed by atoms with Gasteiger partial charge in [0.1, 0.15) is 11.9 Å². The van der Waals surface area contributed by atoms with Gasteiger partial charge in [-0.15, -0.1) is 24.8 Å². The number of nitrogens with one attached hydrogen (secondary N) is 1. The molecule has 1 heterocycles. The van der Waals surface area contributed by atoms with Crippen LogP contribution < -0.4 is 5.32 Å². The topological polar surface area (TPSA) is 15.3 Å². The lowest BCUT2D eigenvalue weighted by Crippen LogP contribution is -2.49. The normalized spacial score (nSPS) is 17.6. The van der Waals surface area contributed by atoms with Crippen LogP contribution >= 0.6 is 24.8 Å². The molecule has 0 unspecified atom stereocenters. The predicted octanol–water partition coefficient (Wildman–Crippen LogP) is 4.20. The van der Waals surface area contributed by atoms with Gasteiger partial charge in [0.15, 0.2) is 0 Å². The van der Waals surface area contributed by atoms with Gasteiger partial charge < -0.3 is 5.32 Å². The Labute approximate surface area is 146 Å². The molecule has 1 saturated heterocycles. The van der Waals surface area contributed by atoms with Gasteiger partial charge in [-0.2, -0.15) is 26.3 Å². The summed E-state index contributed by atoms with van der Waals surface area (Å²) in [6.45, 7) is 0.308. The van der Waals surface area contributed by atoms with Crippen LogP contribution in [0.3, 0.4) is 0 Å². The Balaban J connectivity index is 0.00000264. The number of nitrogens with zero attached hydrogens (tertiary/aromatic N) is 1. The van der Waals surface area contributed by atoms with Gasteiger partial charge in [-0.25, -0.2) is 4.39 Å². The minimum atomic E-state index is -4.99. The van der Waals surface area contributed by atoms with Crippen molar-refractivity contribution in [1.82, 2.24) is 10.2 Å². The van der Waals surface area contributed by atoms with Gasteiger partial charge in [-0.1, -0.05) is 0 Å². The molecule has 140 valence electrons. The fraction of sp³-hybridized carbons (Fsp3) is 0.538. The monoisotopic (exact) mass is 402 g/mol. The highest BCUT2D eigenvalue weighted by Crippen LogP contribution is 2.43. The highest BCUT2D eigenvalue weighted by Gasteiger charge is 2.48. The fourth-order valence-electron chi connectivity index (χ4n) is 2.54. The third-order valence-electron chi connectivity index (χ3n) is 3.44. The standard InChI is InChI=1S/C13H13F7N2.2ClH/c14-8-1-2-10(12(15,16)17)9(7-8)11(13(18,19)20)22-5-3-21-4-6-22;;/h1-2,7,11,21H,3-6H2;2*1H/t11-;;/m0../s1. The van der Waals surface area contributed by atoms with Crippen LogP contribution in [0.2, 0.25) is 0 Å². The van der Waals surface area contributed by atoms with E-state index in [0.717, 1.165) is 4.90 Å². The molecule has 0 bridgehead atoms. The van der Waals surface area contributed by atoms with Gasteiger partial charge in [0.05, 0.1) is 5.56 Å². The van der Waals surface area contributed by atoms with Crippen molar-refractivity contribution in [2.24, 2.45) is 0 Å². The molecule has 0 spiro atoms. The molecule has 0 amide bonds. The van der Waals surface area contributed by atoms with Crippen molar-refractivity contribution in [3.8, 4) is 0 Å². The maximum Gasteiger partial charge on any atom is 0.416 e. The highest BCUT2D eigenvalue weighted by molar-refractivity contribution is 5.85. The molecule has 24 heavy (non-hydrogen) atoms. The second-order valence-corrected chi connectivity index (χ2v) is 4.96. The first-order chi connectivity index (χ1) is 10.1. The molecule has 1 atom stereocenters. The Kier molecular flexibility index (Phi) is 8.28. The summed E-state index contributed by atoms with van der Waals surface area (Å²) in [5, 5.41) is 2.82. The van der Waals surface area contributed by atoms with Crippen molar-refractivity contribution in [2.45, 2.75) is 18.4 Å². The average molecular weight is 403 g/mol. The van der Waals surface area contributed by atoms with E-state index in [4.69, 9.17) is 0 Å². The first-order valence-corrected chi connectivity index (χ1v) is 6.49. The van der Waals surface area contributed by atoms with E-state index >= 15 is 0 Å². The van der Waals surface area contributed by atoms with Crippen LogP contribution in [0.15, 0.2) is 18.2 Å². The first kappa shape index (κ1) is 23.2. The van der Waals surface area contributed by atoms with Crippen LogP contribution in [0.4, 0.5) is 30.7 Å². The molecular weight excluding hydrogens is 388 g/mol. The quantitative estimate of drug-likeness (QED) is 0.745. The van der Waals surface area contributed by atoms with Crippen LogP contribution in [0.1, 0.15) is 17.2 Å². The minimum Gasteiger partial charge on any atom is -0.314 e. The van der Waals surface area contributed by atoms with Gasteiger partial charge in [0.2, 0.25) is 0 Å². The van der Waals surface area contributed by atoms with E-state index in [1.54, 1.807) is 0 Å². The minimum absolute atomic E-state index is 0. The summed E-state index contributed by atoms with van der Waals surface area (Å²) < 4.78 is 92.2. The van der Waals surface area contributed by atoms with Crippen molar-refractivity contribution in [2.75, 3.05) is 26.2 Å². The van der Waals surface area contributed by atoms with Gasteiger partial charge in [-0.3, -0.25) is 4.90 Å². The van der Waals surface area contributed by atoms with Gasteiger partial charge >= 0.3 is 12.4 Å². The summed E-state index contributed by atoms with van der Waals surface area (Å²) in [6, 6.07) is -1.30. The fourth-order valence-corrected chi connectivity index (χ4v) is 2.54. The smallest absolute Gasteiger partial charge is 0.314 e. The summed E-state index contributed by atoms with van der Waals surface area (Å²) >= 11 is 0. The number of alkyl halides is 6. The van der Waals surface area contributed by atoms with E-state index < -0.39 is 35.3 Å². The molecule has 1 aromatic rings. The summed E-state index contributed by atoms with van der Waals surface area (Å²) in [6.07, 6.45) is -9.92. The molecule has 2 nitrogen and oxygen atoms in total. The maximum atomic E-state index is 13.3. The zero-order chi connectivity index (χ0) is 16.5. The van der Waals surface area contributed by atoms with Crippen LogP contribution in [0.5, 0.6) is 0 Å². The molecule has 0 aromatic heterocycles. The Morgan fingerprint density at radius 2 is 1.50 bits per heavy atom. The lowest BCUT2D eigenvalue weighted by Gasteiger charge is -2.37. The Morgan fingerprint density at radius 3 is 1.96 bits per heavy atom. The van der Waals surface area contributed by atoms with Crippen molar-refractivity contribution >= 4 is 24.8 Å². The summed E-state index contributed by atoms with van der Waals surface area (Å²) in [5.41, 5.74) is -2.56. The molecule has 0 saturated carbocycles. The lowest BCUT2D eigenvalue weighted by atomic mass is 9.97. The van der Waals surface area contributed by atoms with E-state index in [0.29, 0.717) is 18.2 Å². The van der Waals surface area contributed by atoms with E-state index in [2.05, 4.69) is 5.32 Å². The molecule has 1 aliphatic rings. The zero-order valence-electron chi connectivity index (χ0n) is 12.0. The Bertz CT molecular complexity index is 528. The van der Waals surface area contributed by atoms with Crippen LogP contribution in [0.25, 0.3) is 0 Å². The van der Waals surface area contributed by atoms with E-state index in [-0.39, 0.29) is 51.0 Å². The number of piperazine rings is 1. The molecule has 1 N–H and O–H groups in total. The average Bonchev–Trinajstić information content (AvgIpc) is 2.37. The second-order valence-electron chi connectivity index (χ2n) is 4.96. The molecule has 0 radical (unpaired) electrons. The molecule has 1 fully saturated rings. The van der Waals surface area contributed by atoms with Crippen LogP contribution in [-0.4, -0.2) is 37.3 Å². The molecule has 1 aromatic carbocycles. The number of hydrogen-bond donors (Lipinski definition) is 1. The molecule has 2 rings (SSSR count). The van der Waals surface area contributed by atoms with Crippen molar-refractivity contribution in [3.05, 3.63) is 35.1 Å². The van der Waals surface area contributed by atoms with E-state index in [9.17, 15) is 30.7 Å². The van der Waals surface area contributed by atoms with E-state index in [1.807, 2.05) is 0 Å². The van der Waals surface area contributed by atoms with Crippen LogP contribution in [0, 0.1) is 5.82 Å². The summed E-state index contributed by atoms with van der Waals surface area (Å²) in [5.74, 6) is -1.13. The SMILES string of the molecule is Cl.Cl.Fc1ccc(C(F)(F)F)c([C@H](N2CCNCC2)C(F)(F)F)c1. The van der Waals surface area contributed by atoms with Crippen LogP contribution in [-0.2, 0) is 6.18 Å². The number of rotatable bonds is 2. The zero-order valence-corrected chi connectivity index (χ0v) is 13.7. The number of hydrogen-bond acceptors (Lipinski definition) is 2. The van der Waals surface area contributed by atoms with Crippen molar-refractivity contribution in [3.63, 3.8) is 0 Å². The Morgan fingerprint density at radius 1 is 0.958 bits per heavy atom. The van der Waals surface area contributed by atoms with Gasteiger partial charge in [0.25, 0.3) is 0 Å². The number of benzene rings is 1. The number of halogens is 9. The molecule has 1 aliphatic heterocycles. The van der Waals surface area contributed by atoms with Crippen molar-refractivity contribution < 1.29 is 30.7 Å². The van der Waals surface area contributed by atoms with Crippen molar-refractivity contribution in [1.29, 1.82) is 0 Å². The predicted molar refractivity (Wildman–Crippen MR) is 79.1 cm³/mol. The highest BCUT2D eigenvalue weighted by atomic mass is 35.5. The third kappa shape index (κ3) is 5.37. The van der Waals surface area contributed by atoms with Gasteiger partial charge in [-0.05, 0) is 23.8 Å². The second kappa shape index (κ2) is 8.55. The van der Waals surface area contributed by atoms with E-state index in [1.165, 1.54) is 0 Å². The molecule has 0 aliphatic carbocycles. The van der Waals surface area contributed by atoms with Gasteiger partial charge in [0, 0.05) is 26.2 Å². The largest absolute Gasteiger partial charge is 0.416 e. The maximum absolute atomic E-state index is 13.3. The molecular formula is C13H15Cl2F7N2. The molecule has 11 heteroatoms. The first-order valence-electron chi connectivity index (χ1n) is 6.49. The summed E-state index contributed by atoms with van der Waals surface area (Å²) in [4.78, 5) is 0.889. The lowest BCUT2D eigenvalue weighted by molar-refractivity contribution is -0.190. The Hall–Kier alpha value is -0.770. The third-order valence-corrected chi connectivity index (χ3v) is 3.44. The summed E-state index contributed by atoms with van der Waals surface area (Å²) in [7, 11) is 0.